The Bertz CT molecular complexity index is 2450. The number of azide groups is 1. The normalized spacial score (nSPS) is 16.3. The number of hydrogen-bond donors (Lipinski definition) is 4. The quantitative estimate of drug-likeness (QED) is 0.0227. The second-order valence-electron chi connectivity index (χ2n) is 15.8. The van der Waals surface area contributed by atoms with Crippen LogP contribution in [0.15, 0.2) is 112 Å². The number of alkyl halides is 1. The van der Waals surface area contributed by atoms with E-state index in [2.05, 4.69) is 69.4 Å². The van der Waals surface area contributed by atoms with Crippen molar-refractivity contribution in [3.05, 3.63) is 124 Å². The monoisotopic (exact) mass is 959 g/mol. The van der Waals surface area contributed by atoms with Crippen LogP contribution in [-0.4, -0.2) is 86.0 Å². The van der Waals surface area contributed by atoms with Crippen LogP contribution in [0.1, 0.15) is 66.1 Å². The second kappa shape index (κ2) is 24.0. The summed E-state index contributed by atoms with van der Waals surface area (Å²) in [6, 6.07) is 30.1. The molecular formula is C47H50BrN11O7. The van der Waals surface area contributed by atoms with Crippen LogP contribution in [0.25, 0.3) is 10.4 Å². The number of halogens is 1. The molecule has 0 aromatic heterocycles. The van der Waals surface area contributed by atoms with Crippen molar-refractivity contribution in [3.8, 4) is 17.7 Å². The molecule has 1 aliphatic carbocycles. The van der Waals surface area contributed by atoms with Gasteiger partial charge in [-0.2, -0.15) is 10.2 Å². The number of nitrogens with zero attached hydrogens (tertiary/aromatic N) is 7. The van der Waals surface area contributed by atoms with Gasteiger partial charge in [-0.05, 0) is 135 Å². The van der Waals surface area contributed by atoms with Gasteiger partial charge in [0.25, 0.3) is 11.8 Å². The molecular weight excluding hydrogens is 910 g/mol. The van der Waals surface area contributed by atoms with Gasteiger partial charge < -0.3 is 35.2 Å². The van der Waals surface area contributed by atoms with E-state index in [1.54, 1.807) is 77.7 Å². The molecule has 0 radical (unpaired) electrons. The van der Waals surface area contributed by atoms with E-state index in [-0.39, 0.29) is 60.9 Å². The number of ether oxygens (including phenoxy) is 2. The zero-order valence-corrected chi connectivity index (χ0v) is 38.1. The standard InChI is InChI=1S/C47H50BrN11O7/c1-58(2)40-19-17-39(18-20-40)56-55-38-11-5-33(6-12-38)44(61)53-36-13-15-37(16-14-36)54-47(64)66-43(32-7-21-41(22-8-32)65-30-51-57-49)46(63)59-27-24-34(25-28-59)45(62)52-35-9-3-31(4-10-35)23-26-50-42(60)29-48/h3-12,17-22,34,36-37,43H,13-16,24-25,27-30H2,1-2H3,(H,50,60)(H,52,62)(H,53,61)(H,54,64)/b56-55+. The highest BCUT2D eigenvalue weighted by Crippen LogP contribution is 2.28. The summed E-state index contributed by atoms with van der Waals surface area (Å²) in [5.74, 6) is 1.78. The number of azo groups is 1. The molecule has 1 aliphatic heterocycles. The van der Waals surface area contributed by atoms with Gasteiger partial charge >= 0.3 is 6.09 Å². The minimum Gasteiger partial charge on any atom is -0.488 e. The van der Waals surface area contributed by atoms with E-state index >= 15 is 0 Å². The highest BCUT2D eigenvalue weighted by molar-refractivity contribution is 9.09. The average molecular weight is 961 g/mol. The number of alkyl carbamates (subject to hydrolysis) is 1. The summed E-state index contributed by atoms with van der Waals surface area (Å²) in [7, 11) is 3.94. The van der Waals surface area contributed by atoms with Crippen LogP contribution in [-0.2, 0) is 19.1 Å². The molecule has 2 aliphatic rings. The largest absolute Gasteiger partial charge is 0.488 e. The number of amides is 5. The Labute approximate surface area is 390 Å². The van der Waals surface area contributed by atoms with Crippen LogP contribution in [0.2, 0.25) is 0 Å². The van der Waals surface area contributed by atoms with Crippen molar-refractivity contribution < 1.29 is 33.4 Å². The molecule has 19 heteroatoms. The van der Waals surface area contributed by atoms with Gasteiger partial charge in [-0.15, -0.1) is 0 Å². The third kappa shape index (κ3) is 14.3. The molecule has 5 amide bonds. The first-order valence-electron chi connectivity index (χ1n) is 21.3. The third-order valence-corrected chi connectivity index (χ3v) is 11.5. The molecule has 1 heterocycles. The third-order valence-electron chi connectivity index (χ3n) is 11.0. The molecule has 4 aromatic carbocycles. The number of nitrogens with one attached hydrogen (secondary N) is 4. The first-order valence-corrected chi connectivity index (χ1v) is 22.5. The molecule has 1 atom stereocenters. The van der Waals surface area contributed by atoms with Crippen LogP contribution >= 0.6 is 15.9 Å². The van der Waals surface area contributed by atoms with Gasteiger partial charge in [-0.3, -0.25) is 24.5 Å². The fourth-order valence-corrected chi connectivity index (χ4v) is 7.46. The maximum absolute atomic E-state index is 14.1. The lowest BCUT2D eigenvalue weighted by atomic mass is 9.91. The van der Waals surface area contributed by atoms with Gasteiger partial charge in [0.2, 0.25) is 17.9 Å². The number of benzene rings is 4. The van der Waals surface area contributed by atoms with Gasteiger partial charge in [0.15, 0.2) is 6.73 Å². The molecule has 6 rings (SSSR count). The van der Waals surface area contributed by atoms with Crippen molar-refractivity contribution in [2.75, 3.05) is 49.5 Å². The number of carbonyl (C=O) groups excluding carboxylic acids is 5. The molecule has 2 fully saturated rings. The Balaban J connectivity index is 0.990. The lowest BCUT2D eigenvalue weighted by molar-refractivity contribution is -0.143. The molecule has 4 N–H and O–H groups in total. The summed E-state index contributed by atoms with van der Waals surface area (Å²) < 4.78 is 11.3. The molecule has 1 unspecified atom stereocenters. The fourth-order valence-electron chi connectivity index (χ4n) is 7.32. The van der Waals surface area contributed by atoms with Crippen molar-refractivity contribution in [3.63, 3.8) is 0 Å². The summed E-state index contributed by atoms with van der Waals surface area (Å²) in [6.07, 6.45) is 1.13. The molecule has 4 aromatic rings. The van der Waals surface area contributed by atoms with Gasteiger partial charge in [0.05, 0.1) is 16.7 Å². The maximum Gasteiger partial charge on any atom is 0.408 e. The number of hydrogen-bond acceptors (Lipinski definition) is 11. The zero-order valence-electron chi connectivity index (χ0n) is 36.5. The first-order chi connectivity index (χ1) is 32.0. The lowest BCUT2D eigenvalue weighted by Gasteiger charge is -2.34. The molecule has 1 saturated heterocycles. The predicted molar refractivity (Wildman–Crippen MR) is 252 cm³/mol. The summed E-state index contributed by atoms with van der Waals surface area (Å²) in [5.41, 5.74) is 13.1. The molecule has 0 bridgehead atoms. The zero-order chi connectivity index (χ0) is 46.8. The molecule has 66 heavy (non-hydrogen) atoms. The SMILES string of the molecule is CN(C)c1ccc(/N=N/c2ccc(C(=O)NC3CCC(NC(=O)OC(C(=O)N4CCC(C(=O)Nc5ccc(C#CNC(=O)CBr)cc5)CC4)c4ccc(OCN=[N+]=[N-])cc4)CC3)cc2)cc1. The van der Waals surface area contributed by atoms with Gasteiger partial charge in [-0.1, -0.05) is 33.2 Å². The highest BCUT2D eigenvalue weighted by atomic mass is 79.9. The number of rotatable bonds is 15. The van der Waals surface area contributed by atoms with E-state index in [4.69, 9.17) is 15.0 Å². The summed E-state index contributed by atoms with van der Waals surface area (Å²) in [6.45, 7) is 0.300. The molecule has 342 valence electrons. The maximum atomic E-state index is 14.1. The van der Waals surface area contributed by atoms with Crippen molar-refractivity contribution in [1.29, 1.82) is 0 Å². The molecule has 0 spiro atoms. The fraction of sp³-hybridized carbons (Fsp3) is 0.340. The van der Waals surface area contributed by atoms with Gasteiger partial charge in [0.1, 0.15) is 5.75 Å². The molecule has 1 saturated carbocycles. The lowest BCUT2D eigenvalue weighted by Crippen LogP contribution is -2.46. The van der Waals surface area contributed by atoms with Crippen LogP contribution in [0, 0.1) is 17.9 Å². The van der Waals surface area contributed by atoms with E-state index in [1.165, 1.54) is 0 Å². The molecule has 18 nitrogen and oxygen atoms in total. The minimum atomic E-state index is -1.30. The number of likely N-dealkylation sites (tertiary alicyclic amines) is 1. The van der Waals surface area contributed by atoms with Crippen molar-refractivity contribution in [2.24, 2.45) is 21.3 Å². The number of anilines is 2. The topological polar surface area (TPSA) is 232 Å². The Morgan fingerprint density at radius 1 is 0.818 bits per heavy atom. The summed E-state index contributed by atoms with van der Waals surface area (Å²) >= 11 is 3.06. The van der Waals surface area contributed by atoms with Crippen LogP contribution in [0.3, 0.4) is 0 Å². The van der Waals surface area contributed by atoms with E-state index in [1.807, 2.05) is 43.3 Å². The predicted octanol–water partition coefficient (Wildman–Crippen LogP) is 8.02. The average Bonchev–Trinajstić information content (AvgIpc) is 3.34. The minimum absolute atomic E-state index is 0.0963. The van der Waals surface area contributed by atoms with Crippen molar-refractivity contribution in [1.82, 2.24) is 20.9 Å². The van der Waals surface area contributed by atoms with E-state index in [9.17, 15) is 24.0 Å². The Kier molecular flexibility index (Phi) is 17.5. The van der Waals surface area contributed by atoms with E-state index < -0.39 is 18.1 Å². The van der Waals surface area contributed by atoms with E-state index in [0.717, 1.165) is 11.4 Å². The van der Waals surface area contributed by atoms with Crippen molar-refractivity contribution >= 4 is 68.4 Å². The smallest absolute Gasteiger partial charge is 0.408 e. The Hall–Kier alpha value is -7.42. The summed E-state index contributed by atoms with van der Waals surface area (Å²) in [5, 5.41) is 23.5. The Morgan fingerprint density at radius 2 is 1.42 bits per heavy atom. The first kappa shape index (κ1) is 48.0. The number of carbonyl (C=O) groups is 5. The summed E-state index contributed by atoms with van der Waals surface area (Å²) in [4.78, 5) is 71.5. The van der Waals surface area contributed by atoms with Crippen LogP contribution in [0.5, 0.6) is 5.75 Å². The Morgan fingerprint density at radius 3 is 2.02 bits per heavy atom. The van der Waals surface area contributed by atoms with Crippen molar-refractivity contribution in [2.45, 2.75) is 56.7 Å². The number of piperidine rings is 1. The highest BCUT2D eigenvalue weighted by Gasteiger charge is 2.35. The van der Waals surface area contributed by atoms with Crippen LogP contribution < -0.4 is 30.9 Å². The van der Waals surface area contributed by atoms with Gasteiger partial charge in [0, 0.05) is 84.2 Å². The van der Waals surface area contributed by atoms with Gasteiger partial charge in [-0.25, -0.2) is 4.79 Å². The van der Waals surface area contributed by atoms with Crippen LogP contribution in [0.4, 0.5) is 27.5 Å². The van der Waals surface area contributed by atoms with E-state index in [0.29, 0.717) is 72.3 Å². The second-order valence-corrected chi connectivity index (χ2v) is 16.3.